The fourth-order valence-electron chi connectivity index (χ4n) is 1.37. The van der Waals surface area contributed by atoms with Crippen LogP contribution < -0.4 is 4.74 Å². The number of ether oxygens (including phenoxy) is 1. The SMILES string of the molecule is Cc1ccc(Oc2ncc(C(=O)O)cc2Cl)cc1F. The van der Waals surface area contributed by atoms with Crippen molar-refractivity contribution in [1.29, 1.82) is 0 Å². The molecule has 4 nitrogen and oxygen atoms in total. The van der Waals surface area contributed by atoms with Crippen molar-refractivity contribution in [3.63, 3.8) is 0 Å². The molecule has 0 unspecified atom stereocenters. The van der Waals surface area contributed by atoms with Crippen molar-refractivity contribution >= 4 is 17.6 Å². The lowest BCUT2D eigenvalue weighted by Crippen LogP contribution is -1.98. The number of pyridine rings is 1. The second-order valence-corrected chi connectivity index (χ2v) is 4.24. The topological polar surface area (TPSA) is 59.4 Å². The first kappa shape index (κ1) is 13.3. The third-order valence-electron chi connectivity index (χ3n) is 2.41. The number of benzene rings is 1. The van der Waals surface area contributed by atoms with Crippen LogP contribution in [0, 0.1) is 12.7 Å². The fraction of sp³-hybridized carbons (Fsp3) is 0.0769. The van der Waals surface area contributed by atoms with Crippen LogP contribution in [0.4, 0.5) is 4.39 Å². The Morgan fingerprint density at radius 1 is 1.42 bits per heavy atom. The van der Waals surface area contributed by atoms with E-state index in [-0.39, 0.29) is 22.2 Å². The van der Waals surface area contributed by atoms with E-state index >= 15 is 0 Å². The zero-order chi connectivity index (χ0) is 14.0. The van der Waals surface area contributed by atoms with E-state index in [1.54, 1.807) is 19.1 Å². The minimum absolute atomic E-state index is 0.0231. The number of halogens is 2. The first-order chi connectivity index (χ1) is 8.97. The highest BCUT2D eigenvalue weighted by Gasteiger charge is 2.11. The monoisotopic (exact) mass is 281 g/mol. The molecule has 1 aromatic carbocycles. The summed E-state index contributed by atoms with van der Waals surface area (Å²) in [6.07, 6.45) is 1.12. The van der Waals surface area contributed by atoms with Crippen LogP contribution >= 0.6 is 11.6 Å². The molecule has 0 amide bonds. The second-order valence-electron chi connectivity index (χ2n) is 3.83. The molecule has 0 saturated carbocycles. The van der Waals surface area contributed by atoms with Crippen molar-refractivity contribution in [3.8, 4) is 11.6 Å². The number of carbonyl (C=O) groups is 1. The highest BCUT2D eigenvalue weighted by molar-refractivity contribution is 6.32. The van der Waals surface area contributed by atoms with Crippen LogP contribution in [0.1, 0.15) is 15.9 Å². The quantitative estimate of drug-likeness (QED) is 0.932. The van der Waals surface area contributed by atoms with Crippen LogP contribution in [0.3, 0.4) is 0 Å². The Kier molecular flexibility index (Phi) is 3.66. The summed E-state index contributed by atoms with van der Waals surface area (Å²) in [5.41, 5.74) is 0.445. The van der Waals surface area contributed by atoms with Gasteiger partial charge in [0.1, 0.15) is 16.6 Å². The van der Waals surface area contributed by atoms with E-state index in [4.69, 9.17) is 21.4 Å². The number of aromatic nitrogens is 1. The Balaban J connectivity index is 2.28. The van der Waals surface area contributed by atoms with Gasteiger partial charge in [0.05, 0.1) is 5.56 Å². The Morgan fingerprint density at radius 2 is 2.16 bits per heavy atom. The lowest BCUT2D eigenvalue weighted by molar-refractivity contribution is 0.0696. The summed E-state index contributed by atoms with van der Waals surface area (Å²) in [6.45, 7) is 1.63. The maximum atomic E-state index is 13.3. The first-order valence-electron chi connectivity index (χ1n) is 5.30. The Bertz CT molecular complexity index is 646. The molecule has 2 aromatic rings. The smallest absolute Gasteiger partial charge is 0.337 e. The normalized spacial score (nSPS) is 10.3. The summed E-state index contributed by atoms with van der Waals surface area (Å²) in [4.78, 5) is 14.5. The van der Waals surface area contributed by atoms with E-state index in [1.165, 1.54) is 12.1 Å². The van der Waals surface area contributed by atoms with Gasteiger partial charge in [0.2, 0.25) is 5.88 Å². The molecule has 0 radical (unpaired) electrons. The minimum Gasteiger partial charge on any atom is -0.478 e. The summed E-state index contributed by atoms with van der Waals surface area (Å²) >= 11 is 5.85. The van der Waals surface area contributed by atoms with Crippen LogP contribution in [-0.4, -0.2) is 16.1 Å². The maximum Gasteiger partial charge on any atom is 0.337 e. The largest absolute Gasteiger partial charge is 0.478 e. The number of nitrogens with zero attached hydrogens (tertiary/aromatic N) is 1. The van der Waals surface area contributed by atoms with Gasteiger partial charge in [0.15, 0.2) is 0 Å². The van der Waals surface area contributed by atoms with Gasteiger partial charge in [-0.05, 0) is 24.6 Å². The average molecular weight is 282 g/mol. The molecule has 0 aliphatic heterocycles. The zero-order valence-electron chi connectivity index (χ0n) is 9.85. The summed E-state index contributed by atoms with van der Waals surface area (Å²) < 4.78 is 18.6. The molecule has 0 fully saturated rings. The zero-order valence-corrected chi connectivity index (χ0v) is 10.6. The van der Waals surface area contributed by atoms with Crippen LogP contribution in [0.25, 0.3) is 0 Å². The van der Waals surface area contributed by atoms with Gasteiger partial charge in [0.25, 0.3) is 0 Å². The number of rotatable bonds is 3. The lowest BCUT2D eigenvalue weighted by atomic mass is 10.2. The third-order valence-corrected chi connectivity index (χ3v) is 2.68. The summed E-state index contributed by atoms with van der Waals surface area (Å²) in [7, 11) is 0. The van der Waals surface area contributed by atoms with Crippen molar-refractivity contribution in [2.75, 3.05) is 0 Å². The molecule has 6 heteroatoms. The van der Waals surface area contributed by atoms with E-state index < -0.39 is 11.8 Å². The van der Waals surface area contributed by atoms with Crippen molar-refractivity contribution < 1.29 is 19.0 Å². The lowest BCUT2D eigenvalue weighted by Gasteiger charge is -2.07. The summed E-state index contributed by atoms with van der Waals surface area (Å²) in [6, 6.07) is 5.56. The number of aryl methyl sites for hydroxylation is 1. The Hall–Kier alpha value is -2.14. The third kappa shape index (κ3) is 3.00. The standard InChI is InChI=1S/C13H9ClFNO3/c1-7-2-3-9(5-11(7)15)19-12-10(14)4-8(6-16-12)13(17)18/h2-6H,1H3,(H,17,18). The molecule has 0 bridgehead atoms. The molecule has 0 aliphatic rings. The predicted octanol–water partition coefficient (Wildman–Crippen LogP) is 3.67. The predicted molar refractivity (Wildman–Crippen MR) is 67.4 cm³/mol. The maximum absolute atomic E-state index is 13.3. The first-order valence-corrected chi connectivity index (χ1v) is 5.68. The van der Waals surface area contributed by atoms with Gasteiger partial charge in [-0.25, -0.2) is 14.2 Å². The van der Waals surface area contributed by atoms with E-state index in [0.29, 0.717) is 5.56 Å². The molecule has 0 aliphatic carbocycles. The van der Waals surface area contributed by atoms with Gasteiger partial charge < -0.3 is 9.84 Å². The molecule has 0 saturated heterocycles. The number of hydrogen-bond donors (Lipinski definition) is 1. The Morgan fingerprint density at radius 3 is 2.74 bits per heavy atom. The minimum atomic E-state index is -1.14. The highest BCUT2D eigenvalue weighted by Crippen LogP contribution is 2.28. The van der Waals surface area contributed by atoms with Gasteiger partial charge in [-0.3, -0.25) is 0 Å². The Labute approximate surface area is 113 Å². The van der Waals surface area contributed by atoms with Crippen molar-refractivity contribution in [3.05, 3.63) is 52.4 Å². The van der Waals surface area contributed by atoms with Crippen LogP contribution in [0.5, 0.6) is 11.6 Å². The molecule has 19 heavy (non-hydrogen) atoms. The van der Waals surface area contributed by atoms with E-state index in [2.05, 4.69) is 4.98 Å². The number of hydrogen-bond acceptors (Lipinski definition) is 3. The molecule has 2 rings (SSSR count). The second kappa shape index (κ2) is 5.24. The number of carboxylic acids is 1. The van der Waals surface area contributed by atoms with Crippen molar-refractivity contribution in [2.45, 2.75) is 6.92 Å². The van der Waals surface area contributed by atoms with Crippen LogP contribution in [0.2, 0.25) is 5.02 Å². The molecule has 1 aromatic heterocycles. The molecule has 1 heterocycles. The number of aromatic carboxylic acids is 1. The molecule has 98 valence electrons. The van der Waals surface area contributed by atoms with Crippen LogP contribution in [0.15, 0.2) is 30.5 Å². The van der Waals surface area contributed by atoms with Crippen LogP contribution in [-0.2, 0) is 0 Å². The highest BCUT2D eigenvalue weighted by atomic mass is 35.5. The molecule has 0 atom stereocenters. The average Bonchev–Trinajstić information content (AvgIpc) is 2.36. The molecular weight excluding hydrogens is 273 g/mol. The fourth-order valence-corrected chi connectivity index (χ4v) is 1.57. The van der Waals surface area contributed by atoms with Gasteiger partial charge >= 0.3 is 5.97 Å². The summed E-state index contributed by atoms with van der Waals surface area (Å²) in [5.74, 6) is -1.28. The van der Waals surface area contributed by atoms with Gasteiger partial charge in [0, 0.05) is 12.3 Å². The van der Waals surface area contributed by atoms with Gasteiger partial charge in [-0.1, -0.05) is 17.7 Å². The van der Waals surface area contributed by atoms with Crippen molar-refractivity contribution in [2.24, 2.45) is 0 Å². The van der Waals surface area contributed by atoms with Gasteiger partial charge in [-0.2, -0.15) is 0 Å². The molecule has 0 spiro atoms. The van der Waals surface area contributed by atoms with E-state index in [1.807, 2.05) is 0 Å². The number of carboxylic acid groups (broad SMARTS) is 1. The van der Waals surface area contributed by atoms with E-state index in [0.717, 1.165) is 6.20 Å². The van der Waals surface area contributed by atoms with Gasteiger partial charge in [-0.15, -0.1) is 0 Å². The summed E-state index contributed by atoms with van der Waals surface area (Å²) in [5, 5.41) is 8.81. The molecule has 1 N–H and O–H groups in total. The van der Waals surface area contributed by atoms with E-state index in [9.17, 15) is 9.18 Å². The van der Waals surface area contributed by atoms with Crippen molar-refractivity contribution in [1.82, 2.24) is 4.98 Å². The molecular formula is C13H9ClFNO3.